The number of carbonyl (C=O) groups is 1. The second-order valence-corrected chi connectivity index (χ2v) is 11.9. The minimum atomic E-state index is -0.205. The normalized spacial score (nSPS) is 27.4. The fourth-order valence-corrected chi connectivity index (χ4v) is 8.19. The number of carbonyl (C=O) groups excluding carboxylic acids is 1. The Balaban J connectivity index is 1.26. The molecular formula is C31H32FN3O. The van der Waals surface area contributed by atoms with Crippen LogP contribution >= 0.6 is 0 Å². The quantitative estimate of drug-likeness (QED) is 0.464. The average molecular weight is 482 g/mol. The molecule has 3 aromatic rings. The summed E-state index contributed by atoms with van der Waals surface area (Å²) >= 11 is 0. The Morgan fingerprint density at radius 2 is 1.67 bits per heavy atom. The predicted octanol–water partition coefficient (Wildman–Crippen LogP) is 6.32. The molecule has 1 heterocycles. The highest BCUT2D eigenvalue weighted by molar-refractivity contribution is 5.92. The summed E-state index contributed by atoms with van der Waals surface area (Å²) in [5.41, 5.74) is 5.93. The number of amides is 1. The van der Waals surface area contributed by atoms with E-state index in [-0.39, 0.29) is 17.1 Å². The first-order chi connectivity index (χ1) is 17.5. The van der Waals surface area contributed by atoms with Gasteiger partial charge in [-0.05, 0) is 110 Å². The van der Waals surface area contributed by atoms with E-state index in [1.165, 1.54) is 44.6 Å². The minimum Gasteiger partial charge on any atom is -0.309 e. The lowest BCUT2D eigenvalue weighted by atomic mass is 9.48. The van der Waals surface area contributed by atoms with Crippen LogP contribution in [0.1, 0.15) is 61.0 Å². The number of hydrogen-bond acceptors (Lipinski definition) is 3. The molecule has 4 nitrogen and oxygen atoms in total. The summed E-state index contributed by atoms with van der Waals surface area (Å²) in [5, 5.41) is 3.15. The molecule has 0 aliphatic heterocycles. The topological polar surface area (TPSA) is 54.9 Å². The molecule has 184 valence electrons. The average Bonchev–Trinajstić information content (AvgIpc) is 2.84. The fraction of sp³-hybridized carbons (Fsp3) is 0.452. The monoisotopic (exact) mass is 481 g/mol. The molecular weight excluding hydrogens is 449 g/mol. The van der Waals surface area contributed by atoms with Crippen LogP contribution in [-0.2, 0) is 30.5 Å². The maximum atomic E-state index is 13.9. The van der Waals surface area contributed by atoms with Crippen molar-refractivity contribution in [3.8, 4) is 11.3 Å². The van der Waals surface area contributed by atoms with Gasteiger partial charge in [0.25, 0.3) is 0 Å². The molecule has 8 rings (SSSR count). The van der Waals surface area contributed by atoms with Crippen LogP contribution in [0.15, 0.2) is 48.5 Å². The molecule has 1 aromatic heterocycles. The van der Waals surface area contributed by atoms with Gasteiger partial charge in [0.15, 0.2) is 5.82 Å². The largest absolute Gasteiger partial charge is 0.309 e. The van der Waals surface area contributed by atoms with Crippen LogP contribution in [0.25, 0.3) is 11.3 Å². The summed E-state index contributed by atoms with van der Waals surface area (Å²) in [4.78, 5) is 23.3. The zero-order chi connectivity index (χ0) is 24.3. The minimum absolute atomic E-state index is 0.0551. The van der Waals surface area contributed by atoms with Crippen molar-refractivity contribution in [1.82, 2.24) is 9.97 Å². The van der Waals surface area contributed by atoms with Crippen LogP contribution in [-0.4, -0.2) is 15.9 Å². The molecule has 5 heteroatoms. The number of nitrogens with one attached hydrogen (secondary N) is 1. The molecule has 1 amide bonds. The highest BCUT2D eigenvalue weighted by Crippen LogP contribution is 2.61. The Hall–Kier alpha value is -3.08. The van der Waals surface area contributed by atoms with Gasteiger partial charge in [0.2, 0.25) is 5.91 Å². The van der Waals surface area contributed by atoms with Gasteiger partial charge in [-0.25, -0.2) is 14.4 Å². The Labute approximate surface area is 211 Å². The van der Waals surface area contributed by atoms with E-state index in [1.54, 1.807) is 6.07 Å². The van der Waals surface area contributed by atoms with Crippen molar-refractivity contribution in [1.29, 1.82) is 0 Å². The number of nitrogens with zero attached hydrogens (tertiary/aromatic N) is 2. The number of aromatic nitrogens is 2. The fourth-order valence-electron chi connectivity index (χ4n) is 8.19. The second kappa shape index (κ2) is 8.50. The van der Waals surface area contributed by atoms with E-state index in [0.717, 1.165) is 64.4 Å². The van der Waals surface area contributed by atoms with Crippen LogP contribution in [0.4, 0.5) is 10.2 Å². The van der Waals surface area contributed by atoms with E-state index in [0.29, 0.717) is 18.7 Å². The SMILES string of the molecule is O=C(Cc1ccccc1)Nc1nc2c(nc1CC13CC4CC(CC(C4)C1)C3)-c1ccc(F)cc1CC2. The third-order valence-electron chi connectivity index (χ3n) is 9.17. The maximum Gasteiger partial charge on any atom is 0.229 e. The first-order valence-electron chi connectivity index (χ1n) is 13.5. The molecule has 4 saturated carbocycles. The molecule has 1 N–H and O–H groups in total. The summed E-state index contributed by atoms with van der Waals surface area (Å²) in [6, 6.07) is 14.8. The molecule has 0 atom stereocenters. The molecule has 5 aliphatic carbocycles. The van der Waals surface area contributed by atoms with Crippen molar-refractivity contribution in [3.05, 3.63) is 76.9 Å². The summed E-state index contributed by atoms with van der Waals surface area (Å²) < 4.78 is 13.9. The van der Waals surface area contributed by atoms with Crippen molar-refractivity contribution in [2.24, 2.45) is 23.2 Å². The van der Waals surface area contributed by atoms with Crippen LogP contribution in [0.5, 0.6) is 0 Å². The third kappa shape index (κ3) is 4.03. The van der Waals surface area contributed by atoms with Gasteiger partial charge in [0.05, 0.1) is 23.5 Å². The number of fused-ring (bicyclic) bond motifs is 3. The van der Waals surface area contributed by atoms with E-state index < -0.39 is 0 Å². The number of anilines is 1. The lowest BCUT2D eigenvalue weighted by molar-refractivity contribution is -0.115. The first-order valence-corrected chi connectivity index (χ1v) is 13.5. The lowest BCUT2D eigenvalue weighted by Crippen LogP contribution is -2.47. The standard InChI is InChI=1S/C31H32FN3O/c32-24-7-8-25-23(14-24)6-9-26-29(25)33-27(18-31-15-20-10-21(16-31)12-22(11-20)17-31)30(34-26)35-28(36)13-19-4-2-1-3-5-19/h1-5,7-8,14,20-22H,6,9-13,15-18H2,(H,34,35,36). The van der Waals surface area contributed by atoms with E-state index in [2.05, 4.69) is 5.32 Å². The number of aryl methyl sites for hydroxylation is 2. The van der Waals surface area contributed by atoms with Crippen LogP contribution in [0, 0.1) is 29.0 Å². The molecule has 2 aromatic carbocycles. The smallest absolute Gasteiger partial charge is 0.229 e. The van der Waals surface area contributed by atoms with Crippen molar-refractivity contribution in [3.63, 3.8) is 0 Å². The van der Waals surface area contributed by atoms with Gasteiger partial charge in [-0.15, -0.1) is 0 Å². The number of rotatable bonds is 5. The van der Waals surface area contributed by atoms with Crippen molar-refractivity contribution in [2.45, 2.75) is 64.2 Å². The molecule has 36 heavy (non-hydrogen) atoms. The van der Waals surface area contributed by atoms with Gasteiger partial charge >= 0.3 is 0 Å². The molecule has 0 spiro atoms. The highest BCUT2D eigenvalue weighted by Gasteiger charge is 2.51. The molecule has 4 bridgehead atoms. The van der Waals surface area contributed by atoms with Crippen LogP contribution < -0.4 is 5.32 Å². The van der Waals surface area contributed by atoms with Crippen molar-refractivity contribution >= 4 is 11.7 Å². The molecule has 0 unspecified atom stereocenters. The summed E-state index contributed by atoms with van der Waals surface area (Å²) in [5.74, 6) is 2.92. The van der Waals surface area contributed by atoms with Gasteiger partial charge < -0.3 is 5.32 Å². The van der Waals surface area contributed by atoms with E-state index in [1.807, 2.05) is 36.4 Å². The zero-order valence-corrected chi connectivity index (χ0v) is 20.6. The van der Waals surface area contributed by atoms with E-state index in [4.69, 9.17) is 9.97 Å². The summed E-state index contributed by atoms with van der Waals surface area (Å²) in [7, 11) is 0. The number of hydrogen-bond donors (Lipinski definition) is 1. The summed E-state index contributed by atoms with van der Waals surface area (Å²) in [6.45, 7) is 0. The second-order valence-electron chi connectivity index (χ2n) is 11.9. The van der Waals surface area contributed by atoms with Gasteiger partial charge in [0, 0.05) is 5.56 Å². The summed E-state index contributed by atoms with van der Waals surface area (Å²) in [6.07, 6.45) is 10.6. The Morgan fingerprint density at radius 3 is 2.39 bits per heavy atom. The Morgan fingerprint density at radius 1 is 0.944 bits per heavy atom. The predicted molar refractivity (Wildman–Crippen MR) is 138 cm³/mol. The van der Waals surface area contributed by atoms with Gasteiger partial charge in [-0.3, -0.25) is 4.79 Å². The van der Waals surface area contributed by atoms with E-state index >= 15 is 0 Å². The van der Waals surface area contributed by atoms with Crippen LogP contribution in [0.2, 0.25) is 0 Å². The van der Waals surface area contributed by atoms with E-state index in [9.17, 15) is 9.18 Å². The lowest BCUT2D eigenvalue weighted by Gasteiger charge is -2.57. The number of halogens is 1. The maximum absolute atomic E-state index is 13.9. The first kappa shape index (κ1) is 22.1. The number of benzene rings is 2. The van der Waals surface area contributed by atoms with Gasteiger partial charge in [0.1, 0.15) is 5.82 Å². The van der Waals surface area contributed by atoms with Gasteiger partial charge in [-0.2, -0.15) is 0 Å². The molecule has 0 radical (unpaired) electrons. The van der Waals surface area contributed by atoms with Crippen LogP contribution in [0.3, 0.4) is 0 Å². The third-order valence-corrected chi connectivity index (χ3v) is 9.17. The van der Waals surface area contributed by atoms with Crippen molar-refractivity contribution in [2.75, 3.05) is 5.32 Å². The Kier molecular flexibility index (Phi) is 5.23. The molecule has 4 fully saturated rings. The molecule has 5 aliphatic rings. The Bertz CT molecular complexity index is 1300. The highest BCUT2D eigenvalue weighted by atomic mass is 19.1. The molecule has 0 saturated heterocycles. The van der Waals surface area contributed by atoms with Gasteiger partial charge in [-0.1, -0.05) is 30.3 Å². The zero-order valence-electron chi connectivity index (χ0n) is 20.6. The van der Waals surface area contributed by atoms with Crippen molar-refractivity contribution < 1.29 is 9.18 Å².